The van der Waals surface area contributed by atoms with Gasteiger partial charge in [0.1, 0.15) is 9.84 Å². The van der Waals surface area contributed by atoms with E-state index < -0.39 is 9.84 Å². The average Bonchev–Trinajstić information content (AvgIpc) is 2.45. The lowest BCUT2D eigenvalue weighted by atomic mass is 9.92. The minimum absolute atomic E-state index is 0.00134. The molecule has 0 saturated carbocycles. The molecule has 6 heteroatoms. The van der Waals surface area contributed by atoms with Gasteiger partial charge in [-0.25, -0.2) is 8.42 Å². The minimum atomic E-state index is -2.90. The van der Waals surface area contributed by atoms with Gasteiger partial charge in [-0.15, -0.1) is 0 Å². The zero-order valence-corrected chi connectivity index (χ0v) is 12.4. The molecular weight excluding hydrogens is 256 g/mol. The number of aromatic amines is 1. The Morgan fingerprint density at radius 3 is 2.47 bits per heavy atom. The van der Waals surface area contributed by atoms with Crippen molar-refractivity contribution in [3.05, 3.63) is 16.7 Å². The number of H-pyrrole nitrogens is 1. The molecule has 1 heterocycles. The Balaban J connectivity index is 2.85. The van der Waals surface area contributed by atoms with E-state index in [4.69, 9.17) is 12.2 Å². The van der Waals surface area contributed by atoms with Gasteiger partial charge >= 0.3 is 0 Å². The largest absolute Gasteiger partial charge is 0.337 e. The van der Waals surface area contributed by atoms with E-state index in [0.717, 1.165) is 5.69 Å². The van der Waals surface area contributed by atoms with Crippen LogP contribution in [0.25, 0.3) is 0 Å². The summed E-state index contributed by atoms with van der Waals surface area (Å²) in [5.41, 5.74) is 1.11. The molecule has 0 radical (unpaired) electrons. The molecule has 0 fully saturated rings. The fourth-order valence-corrected chi connectivity index (χ4v) is 2.63. The number of nitrogens with zero attached hydrogens (tertiary/aromatic N) is 1. The molecule has 1 N–H and O–H groups in total. The van der Waals surface area contributed by atoms with Crippen molar-refractivity contribution >= 4 is 22.1 Å². The van der Waals surface area contributed by atoms with Gasteiger partial charge in [-0.1, -0.05) is 20.8 Å². The summed E-state index contributed by atoms with van der Waals surface area (Å²) in [5.74, 6) is 0.198. The normalized spacial score (nSPS) is 12.9. The smallest absolute Gasteiger partial charge is 0.177 e. The van der Waals surface area contributed by atoms with E-state index in [1.54, 1.807) is 0 Å². The molecule has 0 aliphatic carbocycles. The summed E-state index contributed by atoms with van der Waals surface area (Å²) in [6.07, 6.45) is 3.75. The van der Waals surface area contributed by atoms with Crippen LogP contribution in [0.2, 0.25) is 0 Å². The fourth-order valence-electron chi connectivity index (χ4n) is 1.72. The highest BCUT2D eigenvalue weighted by atomic mass is 32.2. The Labute approximate surface area is 108 Å². The molecule has 1 aromatic heterocycles. The van der Waals surface area contributed by atoms with Gasteiger partial charge in [0.15, 0.2) is 4.77 Å². The van der Waals surface area contributed by atoms with Crippen LogP contribution in [0.15, 0.2) is 6.20 Å². The van der Waals surface area contributed by atoms with E-state index in [1.807, 2.05) is 10.8 Å². The van der Waals surface area contributed by atoms with Crippen LogP contribution in [0.5, 0.6) is 0 Å². The first-order valence-corrected chi connectivity index (χ1v) is 8.04. The van der Waals surface area contributed by atoms with Gasteiger partial charge in [-0.2, -0.15) is 0 Å². The van der Waals surface area contributed by atoms with E-state index in [1.165, 1.54) is 6.26 Å². The van der Waals surface area contributed by atoms with Crippen molar-refractivity contribution in [2.24, 2.45) is 0 Å². The SMILES string of the molecule is CC(C)(C)c1c[nH]c(=S)n1CCCS(C)(=O)=O. The Bertz CT molecular complexity index is 533. The van der Waals surface area contributed by atoms with Gasteiger partial charge in [0.25, 0.3) is 0 Å². The lowest BCUT2D eigenvalue weighted by Crippen LogP contribution is -2.18. The van der Waals surface area contributed by atoms with Crippen molar-refractivity contribution in [2.75, 3.05) is 12.0 Å². The van der Waals surface area contributed by atoms with Gasteiger partial charge < -0.3 is 9.55 Å². The Hall–Kier alpha value is -0.620. The van der Waals surface area contributed by atoms with E-state index in [2.05, 4.69) is 25.8 Å². The summed E-state index contributed by atoms with van der Waals surface area (Å²) in [7, 11) is -2.90. The van der Waals surface area contributed by atoms with Gasteiger partial charge in [-0.3, -0.25) is 0 Å². The van der Waals surface area contributed by atoms with Gasteiger partial charge in [-0.05, 0) is 18.6 Å². The molecule has 1 aromatic rings. The predicted octanol–water partition coefficient (Wildman–Crippen LogP) is 2.28. The number of imidazole rings is 1. The molecule has 0 aliphatic heterocycles. The minimum Gasteiger partial charge on any atom is -0.337 e. The van der Waals surface area contributed by atoms with Crippen LogP contribution >= 0.6 is 12.2 Å². The molecule has 4 nitrogen and oxygen atoms in total. The zero-order valence-electron chi connectivity index (χ0n) is 10.8. The van der Waals surface area contributed by atoms with Crippen molar-refractivity contribution in [2.45, 2.75) is 39.2 Å². The van der Waals surface area contributed by atoms with Crippen LogP contribution in [0.1, 0.15) is 32.9 Å². The number of rotatable bonds is 4. The maximum atomic E-state index is 11.1. The summed E-state index contributed by atoms with van der Waals surface area (Å²) in [4.78, 5) is 3.02. The van der Waals surface area contributed by atoms with E-state index in [9.17, 15) is 8.42 Å². The van der Waals surface area contributed by atoms with Crippen LogP contribution in [-0.2, 0) is 21.8 Å². The lowest BCUT2D eigenvalue weighted by Gasteiger charge is -2.20. The average molecular weight is 276 g/mol. The van der Waals surface area contributed by atoms with Crippen molar-refractivity contribution in [3.8, 4) is 0 Å². The maximum Gasteiger partial charge on any atom is 0.177 e. The van der Waals surface area contributed by atoms with Gasteiger partial charge in [0.05, 0.1) is 5.75 Å². The lowest BCUT2D eigenvalue weighted by molar-refractivity contribution is 0.509. The quantitative estimate of drug-likeness (QED) is 0.858. The van der Waals surface area contributed by atoms with Crippen LogP contribution in [-0.4, -0.2) is 30.0 Å². The first-order valence-electron chi connectivity index (χ1n) is 5.58. The molecule has 17 heavy (non-hydrogen) atoms. The van der Waals surface area contributed by atoms with Crippen molar-refractivity contribution in [1.82, 2.24) is 9.55 Å². The van der Waals surface area contributed by atoms with Crippen LogP contribution in [0.4, 0.5) is 0 Å². The molecular formula is C11H20N2O2S2. The molecule has 0 aromatic carbocycles. The number of hydrogen-bond acceptors (Lipinski definition) is 3. The highest BCUT2D eigenvalue weighted by molar-refractivity contribution is 7.90. The first kappa shape index (κ1) is 14.4. The Morgan fingerprint density at radius 1 is 1.41 bits per heavy atom. The molecule has 0 bridgehead atoms. The molecule has 0 amide bonds. The molecule has 98 valence electrons. The van der Waals surface area contributed by atoms with E-state index in [0.29, 0.717) is 17.7 Å². The second-order valence-electron chi connectivity index (χ2n) is 5.36. The third kappa shape index (κ3) is 4.27. The second-order valence-corrected chi connectivity index (χ2v) is 8.01. The number of nitrogens with one attached hydrogen (secondary N) is 1. The highest BCUT2D eigenvalue weighted by Crippen LogP contribution is 2.22. The second kappa shape index (κ2) is 4.94. The summed E-state index contributed by atoms with van der Waals surface area (Å²) in [6, 6.07) is 0. The maximum absolute atomic E-state index is 11.1. The number of hydrogen-bond donors (Lipinski definition) is 1. The van der Waals surface area contributed by atoms with Crippen LogP contribution < -0.4 is 0 Å². The molecule has 0 aliphatic rings. The predicted molar refractivity (Wildman–Crippen MR) is 72.6 cm³/mol. The molecule has 0 saturated heterocycles. The summed E-state index contributed by atoms with van der Waals surface area (Å²) >= 11 is 5.21. The highest BCUT2D eigenvalue weighted by Gasteiger charge is 2.19. The molecule has 0 unspecified atom stereocenters. The number of sulfone groups is 1. The van der Waals surface area contributed by atoms with Crippen molar-refractivity contribution < 1.29 is 8.42 Å². The first-order chi connectivity index (χ1) is 7.61. The topological polar surface area (TPSA) is 54.9 Å². The Morgan fingerprint density at radius 2 is 2.00 bits per heavy atom. The standard InChI is InChI=1S/C11H20N2O2S2/c1-11(2,3)9-8-12-10(16)13(9)6-5-7-17(4,14)15/h8H,5-7H2,1-4H3,(H,12,16). The van der Waals surface area contributed by atoms with E-state index >= 15 is 0 Å². The van der Waals surface area contributed by atoms with Crippen molar-refractivity contribution in [1.29, 1.82) is 0 Å². The van der Waals surface area contributed by atoms with Gasteiger partial charge in [0, 0.05) is 30.1 Å². The van der Waals surface area contributed by atoms with Crippen molar-refractivity contribution in [3.63, 3.8) is 0 Å². The fraction of sp³-hybridized carbons (Fsp3) is 0.727. The third-order valence-electron chi connectivity index (χ3n) is 2.53. The summed E-state index contributed by atoms with van der Waals surface area (Å²) in [6.45, 7) is 6.97. The third-order valence-corrected chi connectivity index (χ3v) is 3.90. The number of aromatic nitrogens is 2. The molecule has 1 rings (SSSR count). The van der Waals surface area contributed by atoms with Crippen LogP contribution in [0, 0.1) is 4.77 Å². The monoisotopic (exact) mass is 276 g/mol. The van der Waals surface area contributed by atoms with Gasteiger partial charge in [0.2, 0.25) is 0 Å². The Kier molecular flexibility index (Phi) is 4.19. The zero-order chi connectivity index (χ0) is 13.3. The van der Waals surface area contributed by atoms with E-state index in [-0.39, 0.29) is 11.2 Å². The summed E-state index contributed by atoms with van der Waals surface area (Å²) in [5, 5.41) is 0. The van der Waals surface area contributed by atoms with Crippen LogP contribution in [0.3, 0.4) is 0 Å². The summed E-state index contributed by atoms with van der Waals surface area (Å²) < 4.78 is 24.8. The molecule has 0 spiro atoms. The molecule has 0 atom stereocenters.